The summed E-state index contributed by atoms with van der Waals surface area (Å²) in [6, 6.07) is 0. The third-order valence-electron chi connectivity index (χ3n) is 5.74. The summed E-state index contributed by atoms with van der Waals surface area (Å²) in [6.45, 7) is 12.5. The lowest BCUT2D eigenvalue weighted by atomic mass is 9.85. The van der Waals surface area contributed by atoms with Crippen molar-refractivity contribution >= 4 is 24.2 Å². The number of nitrogens with zero attached hydrogens (tertiary/aromatic N) is 1. The van der Waals surface area contributed by atoms with E-state index in [1.807, 2.05) is 25.7 Å². The molecule has 0 aromatic heterocycles. The molecule has 2 fully saturated rings. The fourth-order valence-electron chi connectivity index (χ4n) is 3.90. The number of piperidine rings is 2. The summed E-state index contributed by atoms with van der Waals surface area (Å²) in [5.74, 6) is 1.85. The van der Waals surface area contributed by atoms with Gasteiger partial charge in [0.1, 0.15) is 0 Å². The summed E-state index contributed by atoms with van der Waals surface area (Å²) < 4.78 is 0. The quantitative estimate of drug-likeness (QED) is 0.762. The molecule has 2 saturated heterocycles. The predicted octanol–water partition coefficient (Wildman–Crippen LogP) is 2.83. The van der Waals surface area contributed by atoms with Gasteiger partial charge in [0, 0.05) is 31.5 Å². The standard InChI is InChI=1S/C20H37N3O2.ClH/c1-15(17-8-5-9-21-13-17)11-18(24)23-10-6-7-16(14-23)12-22-19(25)20(2,3)4;/h15-17,21H,5-14H2,1-4H3,(H,22,25);1H. The van der Waals surface area contributed by atoms with E-state index < -0.39 is 0 Å². The van der Waals surface area contributed by atoms with Gasteiger partial charge in [-0.25, -0.2) is 0 Å². The van der Waals surface area contributed by atoms with Gasteiger partial charge in [-0.2, -0.15) is 0 Å². The number of amides is 2. The molecule has 2 heterocycles. The Morgan fingerprint density at radius 1 is 1.23 bits per heavy atom. The van der Waals surface area contributed by atoms with Crippen LogP contribution in [0.2, 0.25) is 0 Å². The van der Waals surface area contributed by atoms with Crippen LogP contribution in [0, 0.1) is 23.2 Å². The number of carbonyl (C=O) groups is 2. The second-order valence-electron chi connectivity index (χ2n) is 9.10. The van der Waals surface area contributed by atoms with Gasteiger partial charge in [-0.1, -0.05) is 27.7 Å². The third kappa shape index (κ3) is 7.07. The Morgan fingerprint density at radius 3 is 2.58 bits per heavy atom. The summed E-state index contributed by atoms with van der Waals surface area (Å²) in [4.78, 5) is 26.8. The van der Waals surface area contributed by atoms with E-state index in [4.69, 9.17) is 0 Å². The zero-order chi connectivity index (χ0) is 18.4. The van der Waals surface area contributed by atoms with Crippen molar-refractivity contribution in [1.29, 1.82) is 0 Å². The zero-order valence-electron chi connectivity index (χ0n) is 17.0. The Hall–Kier alpha value is -0.810. The van der Waals surface area contributed by atoms with Gasteiger partial charge < -0.3 is 15.5 Å². The van der Waals surface area contributed by atoms with Crippen molar-refractivity contribution in [2.75, 3.05) is 32.7 Å². The van der Waals surface area contributed by atoms with Crippen LogP contribution < -0.4 is 10.6 Å². The number of nitrogens with one attached hydrogen (secondary N) is 2. The van der Waals surface area contributed by atoms with E-state index in [0.717, 1.165) is 39.0 Å². The molecule has 3 unspecified atom stereocenters. The average molecular weight is 388 g/mol. The molecule has 3 atom stereocenters. The van der Waals surface area contributed by atoms with E-state index in [1.54, 1.807) is 0 Å². The lowest BCUT2D eigenvalue weighted by Crippen LogP contribution is -2.46. The first-order valence-electron chi connectivity index (χ1n) is 10.0. The highest BCUT2D eigenvalue weighted by atomic mass is 35.5. The minimum Gasteiger partial charge on any atom is -0.355 e. The fourth-order valence-corrected chi connectivity index (χ4v) is 3.90. The summed E-state index contributed by atoms with van der Waals surface area (Å²) >= 11 is 0. The molecule has 0 bridgehead atoms. The van der Waals surface area contributed by atoms with Crippen molar-refractivity contribution in [3.8, 4) is 0 Å². The topological polar surface area (TPSA) is 61.4 Å². The number of hydrogen-bond acceptors (Lipinski definition) is 3. The summed E-state index contributed by atoms with van der Waals surface area (Å²) in [5, 5.41) is 6.51. The van der Waals surface area contributed by atoms with Gasteiger partial charge in [-0.15, -0.1) is 12.4 Å². The molecule has 2 aliphatic heterocycles. The first-order valence-corrected chi connectivity index (χ1v) is 10.0. The van der Waals surface area contributed by atoms with Crippen molar-refractivity contribution in [2.45, 2.75) is 59.8 Å². The number of halogens is 1. The first kappa shape index (κ1) is 23.2. The molecule has 0 radical (unpaired) electrons. The van der Waals surface area contributed by atoms with Gasteiger partial charge in [0.2, 0.25) is 11.8 Å². The minimum atomic E-state index is -0.354. The van der Waals surface area contributed by atoms with Gasteiger partial charge in [-0.3, -0.25) is 9.59 Å². The number of hydrogen-bond donors (Lipinski definition) is 2. The zero-order valence-corrected chi connectivity index (χ0v) is 17.8. The van der Waals surface area contributed by atoms with Crippen molar-refractivity contribution in [1.82, 2.24) is 15.5 Å². The Labute approximate surface area is 165 Å². The largest absolute Gasteiger partial charge is 0.355 e. The van der Waals surface area contributed by atoms with Crippen LogP contribution in [0.25, 0.3) is 0 Å². The lowest BCUT2D eigenvalue weighted by Gasteiger charge is -2.35. The van der Waals surface area contributed by atoms with Crippen LogP contribution in [0.4, 0.5) is 0 Å². The highest BCUT2D eigenvalue weighted by Crippen LogP contribution is 2.25. The molecule has 0 saturated carbocycles. The van der Waals surface area contributed by atoms with Gasteiger partial charge in [-0.05, 0) is 56.5 Å². The lowest BCUT2D eigenvalue weighted by molar-refractivity contribution is -0.134. The average Bonchev–Trinajstić information content (AvgIpc) is 2.59. The van der Waals surface area contributed by atoms with Crippen LogP contribution in [-0.2, 0) is 9.59 Å². The molecule has 0 aromatic rings. The molecular weight excluding hydrogens is 350 g/mol. The fraction of sp³-hybridized carbons (Fsp3) is 0.900. The minimum absolute atomic E-state index is 0. The normalized spacial score (nSPS) is 25.2. The van der Waals surface area contributed by atoms with Crippen LogP contribution in [0.15, 0.2) is 0 Å². The van der Waals surface area contributed by atoms with Crippen molar-refractivity contribution < 1.29 is 9.59 Å². The maximum absolute atomic E-state index is 12.7. The van der Waals surface area contributed by atoms with Crippen LogP contribution in [0.3, 0.4) is 0 Å². The maximum Gasteiger partial charge on any atom is 0.225 e. The Morgan fingerprint density at radius 2 is 1.96 bits per heavy atom. The summed E-state index contributed by atoms with van der Waals surface area (Å²) in [5.41, 5.74) is -0.354. The molecule has 0 spiro atoms. The molecule has 5 nitrogen and oxygen atoms in total. The molecule has 2 N–H and O–H groups in total. The van der Waals surface area contributed by atoms with Crippen LogP contribution in [0.1, 0.15) is 59.8 Å². The monoisotopic (exact) mass is 387 g/mol. The molecule has 26 heavy (non-hydrogen) atoms. The predicted molar refractivity (Wildman–Crippen MR) is 108 cm³/mol. The van der Waals surface area contributed by atoms with E-state index in [-0.39, 0.29) is 23.7 Å². The number of carbonyl (C=O) groups excluding carboxylic acids is 2. The van der Waals surface area contributed by atoms with E-state index in [2.05, 4.69) is 17.6 Å². The molecule has 2 aliphatic rings. The highest BCUT2D eigenvalue weighted by Gasteiger charge is 2.28. The first-order chi connectivity index (χ1) is 11.8. The Balaban J connectivity index is 0.00000338. The van der Waals surface area contributed by atoms with E-state index in [1.165, 1.54) is 12.8 Å². The molecule has 2 rings (SSSR count). The van der Waals surface area contributed by atoms with Crippen LogP contribution in [-0.4, -0.2) is 49.4 Å². The van der Waals surface area contributed by atoms with Gasteiger partial charge in [0.15, 0.2) is 0 Å². The van der Waals surface area contributed by atoms with Crippen molar-refractivity contribution in [3.63, 3.8) is 0 Å². The highest BCUT2D eigenvalue weighted by molar-refractivity contribution is 5.85. The maximum atomic E-state index is 12.7. The second-order valence-corrected chi connectivity index (χ2v) is 9.10. The van der Waals surface area contributed by atoms with Gasteiger partial charge >= 0.3 is 0 Å². The van der Waals surface area contributed by atoms with E-state index in [9.17, 15) is 9.59 Å². The molecule has 152 valence electrons. The van der Waals surface area contributed by atoms with Crippen molar-refractivity contribution in [3.05, 3.63) is 0 Å². The number of rotatable bonds is 5. The molecule has 2 amide bonds. The van der Waals surface area contributed by atoms with E-state index >= 15 is 0 Å². The molecule has 0 aromatic carbocycles. The second kappa shape index (κ2) is 10.5. The number of likely N-dealkylation sites (tertiary alicyclic amines) is 1. The Bertz CT molecular complexity index is 458. The molecular formula is C20H38ClN3O2. The van der Waals surface area contributed by atoms with Gasteiger partial charge in [0.25, 0.3) is 0 Å². The van der Waals surface area contributed by atoms with Crippen molar-refractivity contribution in [2.24, 2.45) is 23.2 Å². The van der Waals surface area contributed by atoms with Gasteiger partial charge in [0.05, 0.1) is 0 Å². The molecule has 0 aliphatic carbocycles. The van der Waals surface area contributed by atoms with Crippen LogP contribution >= 0.6 is 12.4 Å². The summed E-state index contributed by atoms with van der Waals surface area (Å²) in [6.07, 6.45) is 5.26. The smallest absolute Gasteiger partial charge is 0.225 e. The van der Waals surface area contributed by atoms with Crippen LogP contribution in [0.5, 0.6) is 0 Å². The van der Waals surface area contributed by atoms with E-state index in [0.29, 0.717) is 36.6 Å². The SMILES string of the molecule is CC(CC(=O)N1CCCC(CNC(=O)C(C)(C)C)C1)C1CCCNC1.Cl. The Kier molecular flexibility index (Phi) is 9.39. The molecule has 6 heteroatoms. The third-order valence-corrected chi connectivity index (χ3v) is 5.74. The summed E-state index contributed by atoms with van der Waals surface area (Å²) in [7, 11) is 0.